The summed E-state index contributed by atoms with van der Waals surface area (Å²) in [5.41, 5.74) is 3.85. The van der Waals surface area contributed by atoms with E-state index >= 15 is 0 Å². The molecule has 2 rings (SSSR count). The van der Waals surface area contributed by atoms with Gasteiger partial charge in [0.15, 0.2) is 0 Å². The second-order valence-electron chi connectivity index (χ2n) is 6.12. The van der Waals surface area contributed by atoms with Gasteiger partial charge in [-0.3, -0.25) is 4.79 Å². The zero-order valence-electron chi connectivity index (χ0n) is 13.5. The van der Waals surface area contributed by atoms with Gasteiger partial charge in [0.05, 0.1) is 12.5 Å². The van der Waals surface area contributed by atoms with Gasteiger partial charge in [-0.15, -0.1) is 0 Å². The predicted molar refractivity (Wildman–Crippen MR) is 84.0 cm³/mol. The van der Waals surface area contributed by atoms with Crippen LogP contribution in [0.3, 0.4) is 0 Å². The molecule has 116 valence electrons. The maximum absolute atomic E-state index is 11.0. The van der Waals surface area contributed by atoms with Crippen molar-refractivity contribution in [2.24, 2.45) is 11.8 Å². The quantitative estimate of drug-likeness (QED) is 0.814. The summed E-state index contributed by atoms with van der Waals surface area (Å²) in [5, 5.41) is 9.06. The number of carboxylic acids is 1. The number of carboxylic acid groups (broad SMARTS) is 1. The van der Waals surface area contributed by atoms with Crippen LogP contribution in [0.5, 0.6) is 5.75 Å². The van der Waals surface area contributed by atoms with Crippen LogP contribution in [0, 0.1) is 25.7 Å². The van der Waals surface area contributed by atoms with E-state index in [1.165, 1.54) is 16.7 Å². The van der Waals surface area contributed by atoms with Gasteiger partial charge < -0.3 is 9.84 Å². The first-order chi connectivity index (χ1) is 9.99. The molecule has 0 bridgehead atoms. The first kappa shape index (κ1) is 15.9. The van der Waals surface area contributed by atoms with E-state index in [9.17, 15) is 4.79 Å². The normalized spacial score (nSPS) is 21.9. The summed E-state index contributed by atoms with van der Waals surface area (Å²) in [6.45, 7) is 9.12. The summed E-state index contributed by atoms with van der Waals surface area (Å²) in [6.07, 6.45) is 2.89. The molecule has 3 atom stereocenters. The van der Waals surface area contributed by atoms with E-state index in [0.717, 1.165) is 25.0 Å². The predicted octanol–water partition coefficient (Wildman–Crippen LogP) is 4.31. The van der Waals surface area contributed by atoms with Crippen molar-refractivity contribution in [2.45, 2.75) is 52.9 Å². The van der Waals surface area contributed by atoms with E-state index in [4.69, 9.17) is 9.84 Å². The van der Waals surface area contributed by atoms with E-state index < -0.39 is 5.97 Å². The summed E-state index contributed by atoms with van der Waals surface area (Å²) in [4.78, 5) is 11.0. The average molecular weight is 290 g/mol. The third-order valence-corrected chi connectivity index (χ3v) is 4.84. The first-order valence-electron chi connectivity index (χ1n) is 7.95. The number of aliphatic carboxylic acids is 1. The van der Waals surface area contributed by atoms with Gasteiger partial charge in [0.2, 0.25) is 0 Å². The smallest absolute Gasteiger partial charge is 0.306 e. The van der Waals surface area contributed by atoms with E-state index in [0.29, 0.717) is 18.4 Å². The SMILES string of the molecule is CCOc1ccc(C(CC)CC2CC2C(=O)O)c(C)c1C. The molecule has 21 heavy (non-hydrogen) atoms. The molecule has 1 aliphatic carbocycles. The molecule has 1 saturated carbocycles. The van der Waals surface area contributed by atoms with Gasteiger partial charge in [0, 0.05) is 0 Å². The third-order valence-electron chi connectivity index (χ3n) is 4.84. The van der Waals surface area contributed by atoms with E-state index in [2.05, 4.69) is 32.9 Å². The number of rotatable bonds is 7. The van der Waals surface area contributed by atoms with Crippen LogP contribution in [0.1, 0.15) is 55.7 Å². The van der Waals surface area contributed by atoms with E-state index in [1.54, 1.807) is 0 Å². The molecular weight excluding hydrogens is 264 g/mol. The fourth-order valence-electron chi connectivity index (χ4n) is 3.26. The molecule has 1 aliphatic rings. The average Bonchev–Trinajstić information content (AvgIpc) is 3.22. The third kappa shape index (κ3) is 3.39. The van der Waals surface area contributed by atoms with Crippen LogP contribution in [0.15, 0.2) is 12.1 Å². The van der Waals surface area contributed by atoms with Crippen LogP contribution in [0.4, 0.5) is 0 Å². The Morgan fingerprint density at radius 3 is 2.57 bits per heavy atom. The van der Waals surface area contributed by atoms with Gasteiger partial charge in [0.25, 0.3) is 0 Å². The molecule has 1 fully saturated rings. The van der Waals surface area contributed by atoms with Crippen molar-refractivity contribution in [3.8, 4) is 5.75 Å². The molecule has 3 heteroatoms. The monoisotopic (exact) mass is 290 g/mol. The molecule has 0 spiro atoms. The van der Waals surface area contributed by atoms with E-state index in [-0.39, 0.29) is 5.92 Å². The Bertz CT molecular complexity index is 521. The molecule has 0 aromatic heterocycles. The molecular formula is C18H26O3. The number of benzene rings is 1. The maximum Gasteiger partial charge on any atom is 0.306 e. The van der Waals surface area contributed by atoms with Crippen LogP contribution < -0.4 is 4.74 Å². The number of ether oxygens (including phenoxy) is 1. The zero-order valence-corrected chi connectivity index (χ0v) is 13.5. The van der Waals surface area contributed by atoms with Gasteiger partial charge in [-0.1, -0.05) is 13.0 Å². The van der Waals surface area contributed by atoms with Crippen molar-refractivity contribution < 1.29 is 14.6 Å². The Morgan fingerprint density at radius 2 is 2.05 bits per heavy atom. The lowest BCUT2D eigenvalue weighted by atomic mass is 9.86. The maximum atomic E-state index is 11.0. The Labute approximate surface area is 127 Å². The minimum absolute atomic E-state index is 0.108. The highest BCUT2D eigenvalue weighted by Crippen LogP contribution is 2.46. The van der Waals surface area contributed by atoms with Crippen LogP contribution in [-0.2, 0) is 4.79 Å². The largest absolute Gasteiger partial charge is 0.494 e. The van der Waals surface area contributed by atoms with Gasteiger partial charge in [-0.25, -0.2) is 0 Å². The van der Waals surface area contributed by atoms with Crippen molar-refractivity contribution in [1.29, 1.82) is 0 Å². The molecule has 1 aromatic rings. The lowest BCUT2D eigenvalue weighted by Gasteiger charge is -2.21. The number of carbonyl (C=O) groups is 1. The minimum Gasteiger partial charge on any atom is -0.494 e. The molecule has 0 saturated heterocycles. The molecule has 0 radical (unpaired) electrons. The topological polar surface area (TPSA) is 46.5 Å². The molecule has 0 aliphatic heterocycles. The Morgan fingerprint density at radius 1 is 1.33 bits per heavy atom. The summed E-state index contributed by atoms with van der Waals surface area (Å²) < 4.78 is 5.65. The van der Waals surface area contributed by atoms with Crippen molar-refractivity contribution >= 4 is 5.97 Å². The van der Waals surface area contributed by atoms with Crippen LogP contribution >= 0.6 is 0 Å². The lowest BCUT2D eigenvalue weighted by molar-refractivity contribution is -0.138. The van der Waals surface area contributed by atoms with Gasteiger partial charge >= 0.3 is 5.97 Å². The second-order valence-corrected chi connectivity index (χ2v) is 6.12. The van der Waals surface area contributed by atoms with E-state index in [1.807, 2.05) is 6.92 Å². The standard InChI is InChI=1S/C18H26O3/c1-5-13(9-14-10-16(14)18(19)20)15-7-8-17(21-6-2)12(4)11(15)3/h7-8,13-14,16H,5-6,9-10H2,1-4H3,(H,19,20). The van der Waals surface area contributed by atoms with Gasteiger partial charge in [-0.05, 0) is 74.6 Å². The molecule has 3 nitrogen and oxygen atoms in total. The highest BCUT2D eigenvalue weighted by molar-refractivity contribution is 5.73. The zero-order chi connectivity index (χ0) is 15.6. The molecule has 3 unspecified atom stereocenters. The van der Waals surface area contributed by atoms with Crippen molar-refractivity contribution in [3.63, 3.8) is 0 Å². The van der Waals surface area contributed by atoms with Crippen molar-refractivity contribution in [3.05, 3.63) is 28.8 Å². The highest BCUT2D eigenvalue weighted by Gasteiger charge is 2.43. The number of hydrogen-bond donors (Lipinski definition) is 1. The summed E-state index contributed by atoms with van der Waals surface area (Å²) in [7, 11) is 0. The van der Waals surface area contributed by atoms with Gasteiger partial charge in [0.1, 0.15) is 5.75 Å². The minimum atomic E-state index is -0.630. The summed E-state index contributed by atoms with van der Waals surface area (Å²) in [6, 6.07) is 4.23. The Balaban J connectivity index is 2.15. The summed E-state index contributed by atoms with van der Waals surface area (Å²) >= 11 is 0. The second kappa shape index (κ2) is 6.50. The van der Waals surface area contributed by atoms with Crippen LogP contribution in [0.2, 0.25) is 0 Å². The fraction of sp³-hybridized carbons (Fsp3) is 0.611. The Hall–Kier alpha value is -1.51. The van der Waals surface area contributed by atoms with Gasteiger partial charge in [-0.2, -0.15) is 0 Å². The Kier molecular flexibility index (Phi) is 4.92. The van der Waals surface area contributed by atoms with Crippen molar-refractivity contribution in [1.82, 2.24) is 0 Å². The fourth-order valence-corrected chi connectivity index (χ4v) is 3.26. The molecule has 0 amide bonds. The van der Waals surface area contributed by atoms with Crippen LogP contribution in [-0.4, -0.2) is 17.7 Å². The van der Waals surface area contributed by atoms with Crippen molar-refractivity contribution in [2.75, 3.05) is 6.61 Å². The molecule has 0 heterocycles. The lowest BCUT2D eigenvalue weighted by Crippen LogP contribution is -2.07. The first-order valence-corrected chi connectivity index (χ1v) is 7.95. The highest BCUT2D eigenvalue weighted by atomic mass is 16.5. The van der Waals surface area contributed by atoms with Crippen LogP contribution in [0.25, 0.3) is 0 Å². The molecule has 1 N–H and O–H groups in total. The number of hydrogen-bond acceptors (Lipinski definition) is 2. The molecule has 1 aromatic carbocycles. The summed E-state index contributed by atoms with van der Waals surface area (Å²) in [5.74, 6) is 1.04.